The van der Waals surface area contributed by atoms with Crippen molar-refractivity contribution in [2.24, 2.45) is 4.99 Å². The number of nitrogens with zero attached hydrogens (tertiary/aromatic N) is 2. The van der Waals surface area contributed by atoms with Gasteiger partial charge in [-0.25, -0.2) is 0 Å². The fourth-order valence-electron chi connectivity index (χ4n) is 2.70. The minimum atomic E-state index is 0.0566. The predicted molar refractivity (Wildman–Crippen MR) is 70.5 cm³/mol. The van der Waals surface area contributed by atoms with Crippen LogP contribution in [0.4, 0.5) is 0 Å². The highest BCUT2D eigenvalue weighted by Crippen LogP contribution is 2.27. The van der Waals surface area contributed by atoms with Crippen molar-refractivity contribution in [3.63, 3.8) is 0 Å². The molecule has 2 heterocycles. The summed E-state index contributed by atoms with van der Waals surface area (Å²) in [5.41, 5.74) is 0.0566. The zero-order chi connectivity index (χ0) is 12.1. The number of amidine groups is 1. The summed E-state index contributed by atoms with van der Waals surface area (Å²) in [7, 11) is 1.86. The van der Waals surface area contributed by atoms with Gasteiger partial charge in [-0.3, -0.25) is 4.99 Å². The Morgan fingerprint density at radius 1 is 1.41 bits per heavy atom. The largest absolute Gasteiger partial charge is 0.371 e. The second-order valence-corrected chi connectivity index (χ2v) is 4.78. The van der Waals surface area contributed by atoms with Gasteiger partial charge in [0, 0.05) is 20.1 Å². The Balaban J connectivity index is 2.05. The van der Waals surface area contributed by atoms with Gasteiger partial charge in [-0.2, -0.15) is 0 Å². The molecule has 0 radical (unpaired) electrons. The molecule has 0 unspecified atom stereocenters. The first-order chi connectivity index (χ1) is 8.29. The number of morpholine rings is 1. The maximum Gasteiger partial charge on any atom is 0.122 e. The minimum Gasteiger partial charge on any atom is -0.371 e. The Bertz CT molecular complexity index is 300. The lowest BCUT2D eigenvalue weighted by molar-refractivity contribution is -0.108. The molecular formula is C13H23N3O. The van der Waals surface area contributed by atoms with E-state index >= 15 is 0 Å². The highest BCUT2D eigenvalue weighted by Gasteiger charge is 2.38. The summed E-state index contributed by atoms with van der Waals surface area (Å²) in [5.74, 6) is 1.08. The summed E-state index contributed by atoms with van der Waals surface area (Å²) in [5, 5.41) is 3.40. The van der Waals surface area contributed by atoms with Crippen LogP contribution in [0.15, 0.2) is 17.1 Å². The zero-order valence-corrected chi connectivity index (χ0v) is 10.9. The molecule has 1 spiro atoms. The first kappa shape index (κ1) is 12.6. The lowest BCUT2D eigenvalue weighted by Gasteiger charge is -2.45. The molecule has 0 saturated carbocycles. The van der Waals surface area contributed by atoms with Crippen LogP contribution in [-0.4, -0.2) is 56.2 Å². The molecule has 2 rings (SSSR count). The highest BCUT2D eigenvalue weighted by atomic mass is 16.5. The number of hydrogen-bond donors (Lipinski definition) is 1. The van der Waals surface area contributed by atoms with E-state index in [-0.39, 0.29) is 5.60 Å². The number of piperidine rings is 1. The summed E-state index contributed by atoms with van der Waals surface area (Å²) in [6, 6.07) is 0. The van der Waals surface area contributed by atoms with Crippen molar-refractivity contribution in [3.8, 4) is 0 Å². The normalized spacial score (nSPS) is 25.8. The summed E-state index contributed by atoms with van der Waals surface area (Å²) >= 11 is 0. The van der Waals surface area contributed by atoms with E-state index in [2.05, 4.69) is 21.3 Å². The molecule has 96 valence electrons. The summed E-state index contributed by atoms with van der Waals surface area (Å²) < 4.78 is 6.05. The minimum absolute atomic E-state index is 0.0566. The van der Waals surface area contributed by atoms with Crippen molar-refractivity contribution in [1.29, 1.82) is 0 Å². The molecule has 0 aliphatic carbocycles. The molecule has 4 heteroatoms. The third-order valence-corrected chi connectivity index (χ3v) is 3.63. The second kappa shape index (κ2) is 5.65. The SMILES string of the molecule is C/C=C\C(=NC)N1CCOC2(CCNCC2)C1. The fourth-order valence-corrected chi connectivity index (χ4v) is 2.70. The summed E-state index contributed by atoms with van der Waals surface area (Å²) in [6.45, 7) is 6.91. The van der Waals surface area contributed by atoms with Crippen LogP contribution >= 0.6 is 0 Å². The standard InChI is InChI=1S/C13H23N3O/c1-3-4-12(14-2)16-9-10-17-13(11-16)5-7-15-8-6-13/h3-4,15H,5-11H2,1-2H3/b4-3-,14-12?. The summed E-state index contributed by atoms with van der Waals surface area (Å²) in [4.78, 5) is 6.72. The number of ether oxygens (including phenoxy) is 1. The maximum atomic E-state index is 6.05. The maximum absolute atomic E-state index is 6.05. The van der Waals surface area contributed by atoms with Gasteiger partial charge in [0.15, 0.2) is 0 Å². The predicted octanol–water partition coefficient (Wildman–Crippen LogP) is 1.05. The first-order valence-electron chi connectivity index (χ1n) is 6.49. The number of allylic oxidation sites excluding steroid dienone is 1. The number of aliphatic imine (C=N–C) groups is 1. The van der Waals surface area contributed by atoms with Crippen LogP contribution in [0.1, 0.15) is 19.8 Å². The Kier molecular flexibility index (Phi) is 4.18. The number of rotatable bonds is 1. The van der Waals surface area contributed by atoms with E-state index in [1.54, 1.807) is 0 Å². The van der Waals surface area contributed by atoms with Gasteiger partial charge in [0.05, 0.1) is 12.2 Å². The second-order valence-electron chi connectivity index (χ2n) is 4.78. The Labute approximate surface area is 104 Å². The van der Waals surface area contributed by atoms with Crippen molar-refractivity contribution in [2.75, 3.05) is 39.8 Å². The van der Waals surface area contributed by atoms with E-state index in [4.69, 9.17) is 4.74 Å². The van der Waals surface area contributed by atoms with Gasteiger partial charge >= 0.3 is 0 Å². The van der Waals surface area contributed by atoms with E-state index in [1.807, 2.05) is 20.0 Å². The molecule has 1 N–H and O–H groups in total. The molecule has 2 fully saturated rings. The molecule has 2 aliphatic heterocycles. The molecule has 0 aromatic carbocycles. The van der Waals surface area contributed by atoms with Gasteiger partial charge in [-0.1, -0.05) is 6.08 Å². The molecule has 0 aromatic rings. The molecule has 4 nitrogen and oxygen atoms in total. The lowest BCUT2D eigenvalue weighted by Crippen LogP contribution is -2.57. The van der Waals surface area contributed by atoms with Crippen LogP contribution in [0.25, 0.3) is 0 Å². The smallest absolute Gasteiger partial charge is 0.122 e. The Hall–Kier alpha value is -0.870. The van der Waals surface area contributed by atoms with E-state index in [0.29, 0.717) is 0 Å². The molecule has 0 bridgehead atoms. The van der Waals surface area contributed by atoms with Crippen molar-refractivity contribution in [2.45, 2.75) is 25.4 Å². The van der Waals surface area contributed by atoms with Crippen LogP contribution in [-0.2, 0) is 4.74 Å². The molecule has 0 amide bonds. The average Bonchev–Trinajstić information content (AvgIpc) is 2.37. The van der Waals surface area contributed by atoms with E-state index in [9.17, 15) is 0 Å². The zero-order valence-electron chi connectivity index (χ0n) is 10.9. The molecular weight excluding hydrogens is 214 g/mol. The highest BCUT2D eigenvalue weighted by molar-refractivity contribution is 5.92. The van der Waals surface area contributed by atoms with Crippen LogP contribution in [0, 0.1) is 0 Å². The quantitative estimate of drug-likeness (QED) is 0.547. The third kappa shape index (κ3) is 2.87. The first-order valence-corrected chi connectivity index (χ1v) is 6.49. The van der Waals surface area contributed by atoms with Crippen molar-refractivity contribution in [3.05, 3.63) is 12.2 Å². The van der Waals surface area contributed by atoms with Crippen LogP contribution in [0.2, 0.25) is 0 Å². The van der Waals surface area contributed by atoms with Crippen molar-refractivity contribution < 1.29 is 4.74 Å². The van der Waals surface area contributed by atoms with Crippen molar-refractivity contribution >= 4 is 5.84 Å². The molecule has 0 aromatic heterocycles. The Morgan fingerprint density at radius 2 is 2.18 bits per heavy atom. The van der Waals surface area contributed by atoms with Gasteiger partial charge in [-0.15, -0.1) is 0 Å². The number of hydrogen-bond acceptors (Lipinski definition) is 3. The molecule has 17 heavy (non-hydrogen) atoms. The average molecular weight is 237 g/mol. The van der Waals surface area contributed by atoms with Gasteiger partial charge in [0.1, 0.15) is 5.84 Å². The molecule has 2 saturated heterocycles. The van der Waals surface area contributed by atoms with Crippen LogP contribution < -0.4 is 5.32 Å². The third-order valence-electron chi connectivity index (χ3n) is 3.63. The fraction of sp³-hybridized carbons (Fsp3) is 0.769. The lowest BCUT2D eigenvalue weighted by atomic mass is 9.90. The summed E-state index contributed by atoms with van der Waals surface area (Å²) in [6.07, 6.45) is 6.35. The van der Waals surface area contributed by atoms with E-state index < -0.39 is 0 Å². The number of nitrogens with one attached hydrogen (secondary N) is 1. The van der Waals surface area contributed by atoms with E-state index in [1.165, 1.54) is 0 Å². The van der Waals surface area contributed by atoms with E-state index in [0.717, 1.165) is 51.5 Å². The monoisotopic (exact) mass is 237 g/mol. The van der Waals surface area contributed by atoms with Gasteiger partial charge in [0.25, 0.3) is 0 Å². The van der Waals surface area contributed by atoms with Gasteiger partial charge in [-0.05, 0) is 38.9 Å². The van der Waals surface area contributed by atoms with Gasteiger partial charge < -0.3 is 15.0 Å². The van der Waals surface area contributed by atoms with Crippen molar-refractivity contribution in [1.82, 2.24) is 10.2 Å². The molecule has 0 atom stereocenters. The molecule has 2 aliphatic rings. The Morgan fingerprint density at radius 3 is 2.82 bits per heavy atom. The van der Waals surface area contributed by atoms with Crippen LogP contribution in [0.3, 0.4) is 0 Å². The van der Waals surface area contributed by atoms with Crippen LogP contribution in [0.5, 0.6) is 0 Å². The topological polar surface area (TPSA) is 36.9 Å². The van der Waals surface area contributed by atoms with Gasteiger partial charge in [0.2, 0.25) is 0 Å².